The van der Waals surface area contributed by atoms with E-state index in [1.165, 1.54) is 11.8 Å². The van der Waals surface area contributed by atoms with E-state index in [9.17, 15) is 22.8 Å². The molecule has 0 spiro atoms. The highest BCUT2D eigenvalue weighted by atomic mass is 19.4. The zero-order valence-corrected chi connectivity index (χ0v) is 12.0. The van der Waals surface area contributed by atoms with E-state index in [2.05, 4.69) is 0 Å². The quantitative estimate of drug-likeness (QED) is 0.849. The molecule has 0 aromatic rings. The molecule has 1 unspecified atom stereocenters. The Balaban J connectivity index is 2.57. The van der Waals surface area contributed by atoms with Gasteiger partial charge < -0.3 is 14.9 Å². The summed E-state index contributed by atoms with van der Waals surface area (Å²) in [6.45, 7) is 1.01. The van der Waals surface area contributed by atoms with Crippen LogP contribution in [0.5, 0.6) is 0 Å². The Kier molecular flexibility index (Phi) is 6.29. The number of hydrogen-bond donors (Lipinski definition) is 1. The Labute approximate surface area is 121 Å². The lowest BCUT2D eigenvalue weighted by Gasteiger charge is -2.36. The molecule has 2 amide bonds. The topological polar surface area (TPSA) is 60.9 Å². The van der Waals surface area contributed by atoms with Gasteiger partial charge in [0.15, 0.2) is 0 Å². The predicted molar refractivity (Wildman–Crippen MR) is 69.9 cm³/mol. The van der Waals surface area contributed by atoms with E-state index in [0.717, 1.165) is 11.3 Å². The van der Waals surface area contributed by atoms with Gasteiger partial charge in [0.25, 0.3) is 0 Å². The van der Waals surface area contributed by atoms with E-state index in [1.807, 2.05) is 0 Å². The molecular formula is C13H21F3N2O3. The minimum Gasteiger partial charge on any atom is -0.481 e. The molecule has 1 fully saturated rings. The Morgan fingerprint density at radius 3 is 2.57 bits per heavy atom. The average molecular weight is 310 g/mol. The van der Waals surface area contributed by atoms with Crippen molar-refractivity contribution in [2.45, 2.75) is 38.8 Å². The zero-order chi connectivity index (χ0) is 16.0. The third-order valence-electron chi connectivity index (χ3n) is 3.58. The van der Waals surface area contributed by atoms with Crippen LogP contribution < -0.4 is 0 Å². The highest BCUT2D eigenvalue weighted by Crippen LogP contribution is 2.23. The van der Waals surface area contributed by atoms with E-state index >= 15 is 0 Å². The number of hydrogen-bond acceptors (Lipinski definition) is 2. The highest BCUT2D eigenvalue weighted by molar-refractivity contribution is 5.74. The first-order valence-electron chi connectivity index (χ1n) is 7.05. The lowest BCUT2D eigenvalue weighted by molar-refractivity contribution is -0.141. The summed E-state index contributed by atoms with van der Waals surface area (Å²) in [6.07, 6.45) is -2.44. The van der Waals surface area contributed by atoms with Crippen LogP contribution in [-0.4, -0.2) is 59.3 Å². The number of rotatable bonds is 5. The first-order valence-corrected chi connectivity index (χ1v) is 7.05. The minimum absolute atomic E-state index is 0.00532. The Hall–Kier alpha value is -1.47. The predicted octanol–water partition coefficient (Wildman–Crippen LogP) is 2.57. The fourth-order valence-electron chi connectivity index (χ4n) is 2.53. The molecule has 1 N–H and O–H groups in total. The number of carboxylic acid groups (broad SMARTS) is 1. The Morgan fingerprint density at radius 2 is 2.05 bits per heavy atom. The molecule has 0 aromatic carbocycles. The molecule has 122 valence electrons. The van der Waals surface area contributed by atoms with E-state index in [4.69, 9.17) is 5.11 Å². The normalized spacial score (nSPS) is 19.4. The first-order chi connectivity index (χ1) is 9.73. The Morgan fingerprint density at radius 1 is 1.38 bits per heavy atom. The number of halogens is 3. The standard InChI is InChI=1S/C13H21F3N2O3/c1-2-17(9-13(14,15)16)12(21)18-7-3-4-10(8-18)5-6-11(19)20/h10H,2-9H2,1H3,(H,19,20). The number of likely N-dealkylation sites (tertiary alicyclic amines) is 1. The van der Waals surface area contributed by atoms with Crippen molar-refractivity contribution >= 4 is 12.0 Å². The van der Waals surface area contributed by atoms with E-state index < -0.39 is 24.7 Å². The van der Waals surface area contributed by atoms with Crippen LogP contribution in [0.2, 0.25) is 0 Å². The van der Waals surface area contributed by atoms with E-state index in [0.29, 0.717) is 25.9 Å². The van der Waals surface area contributed by atoms with Crippen molar-refractivity contribution in [3.05, 3.63) is 0 Å². The van der Waals surface area contributed by atoms with Gasteiger partial charge in [-0.1, -0.05) is 0 Å². The molecular weight excluding hydrogens is 289 g/mol. The monoisotopic (exact) mass is 310 g/mol. The number of nitrogens with zero attached hydrogens (tertiary/aromatic N) is 2. The molecule has 0 aromatic heterocycles. The number of urea groups is 1. The van der Waals surface area contributed by atoms with Gasteiger partial charge in [0, 0.05) is 26.1 Å². The summed E-state index contributed by atoms with van der Waals surface area (Å²) in [5, 5.41) is 8.66. The number of carboxylic acids is 1. The van der Waals surface area contributed by atoms with Crippen molar-refractivity contribution in [1.29, 1.82) is 0 Å². The first kappa shape index (κ1) is 17.6. The summed E-state index contributed by atoms with van der Waals surface area (Å²) in [5.41, 5.74) is 0. The summed E-state index contributed by atoms with van der Waals surface area (Å²) >= 11 is 0. The van der Waals surface area contributed by atoms with Crippen LogP contribution >= 0.6 is 0 Å². The molecule has 1 rings (SSSR count). The third-order valence-corrected chi connectivity index (χ3v) is 3.58. The molecule has 8 heteroatoms. The van der Waals surface area contributed by atoms with Crippen LogP contribution in [0.4, 0.5) is 18.0 Å². The van der Waals surface area contributed by atoms with Crippen LogP contribution in [0, 0.1) is 5.92 Å². The van der Waals surface area contributed by atoms with Gasteiger partial charge in [-0.05, 0) is 32.1 Å². The summed E-state index contributed by atoms with van der Waals surface area (Å²) in [7, 11) is 0. The van der Waals surface area contributed by atoms with Gasteiger partial charge in [0.1, 0.15) is 6.54 Å². The van der Waals surface area contributed by atoms with Gasteiger partial charge in [-0.25, -0.2) is 4.79 Å². The maximum Gasteiger partial charge on any atom is 0.406 e. The molecule has 0 saturated carbocycles. The van der Waals surface area contributed by atoms with E-state index in [1.54, 1.807) is 0 Å². The minimum atomic E-state index is -4.41. The van der Waals surface area contributed by atoms with Crippen molar-refractivity contribution in [3.8, 4) is 0 Å². The lowest BCUT2D eigenvalue weighted by Crippen LogP contribution is -2.50. The average Bonchev–Trinajstić information content (AvgIpc) is 2.41. The Bertz CT molecular complexity index is 374. The third kappa shape index (κ3) is 6.22. The van der Waals surface area contributed by atoms with Gasteiger partial charge in [-0.2, -0.15) is 13.2 Å². The van der Waals surface area contributed by atoms with Crippen LogP contribution in [0.25, 0.3) is 0 Å². The number of alkyl halides is 3. The maximum absolute atomic E-state index is 12.4. The summed E-state index contributed by atoms with van der Waals surface area (Å²) < 4.78 is 37.3. The molecule has 0 bridgehead atoms. The second-order valence-corrected chi connectivity index (χ2v) is 5.30. The number of amides is 2. The van der Waals surface area contributed by atoms with Gasteiger partial charge in [0.05, 0.1) is 0 Å². The number of aliphatic carboxylic acids is 1. The van der Waals surface area contributed by atoms with Crippen LogP contribution in [0.1, 0.15) is 32.6 Å². The number of carbonyl (C=O) groups excluding carboxylic acids is 1. The van der Waals surface area contributed by atoms with Crippen LogP contribution in [-0.2, 0) is 4.79 Å². The second kappa shape index (κ2) is 7.51. The highest BCUT2D eigenvalue weighted by Gasteiger charge is 2.35. The molecule has 1 saturated heterocycles. The largest absolute Gasteiger partial charge is 0.481 e. The lowest BCUT2D eigenvalue weighted by atomic mass is 9.93. The summed E-state index contributed by atoms with van der Waals surface area (Å²) in [5.74, 6) is -0.853. The number of carbonyl (C=O) groups is 2. The van der Waals surface area contributed by atoms with Gasteiger partial charge in [0.2, 0.25) is 0 Å². The molecule has 1 atom stereocenters. The SMILES string of the molecule is CCN(CC(F)(F)F)C(=O)N1CCCC(CCC(=O)O)C1. The number of piperidine rings is 1. The molecule has 1 aliphatic rings. The van der Waals surface area contributed by atoms with Crippen molar-refractivity contribution < 1.29 is 27.9 Å². The van der Waals surface area contributed by atoms with Crippen LogP contribution in [0.15, 0.2) is 0 Å². The molecule has 1 aliphatic heterocycles. The molecule has 1 heterocycles. The van der Waals surface area contributed by atoms with Crippen molar-refractivity contribution in [1.82, 2.24) is 9.80 Å². The van der Waals surface area contributed by atoms with E-state index in [-0.39, 0.29) is 18.9 Å². The molecule has 5 nitrogen and oxygen atoms in total. The van der Waals surface area contributed by atoms with Gasteiger partial charge in [-0.15, -0.1) is 0 Å². The molecule has 0 radical (unpaired) electrons. The van der Waals surface area contributed by atoms with Crippen molar-refractivity contribution in [2.75, 3.05) is 26.2 Å². The molecule has 21 heavy (non-hydrogen) atoms. The van der Waals surface area contributed by atoms with Gasteiger partial charge in [-0.3, -0.25) is 4.79 Å². The van der Waals surface area contributed by atoms with Crippen molar-refractivity contribution in [2.24, 2.45) is 5.92 Å². The summed E-state index contributed by atoms with van der Waals surface area (Å²) in [4.78, 5) is 24.9. The van der Waals surface area contributed by atoms with Gasteiger partial charge >= 0.3 is 18.2 Å². The van der Waals surface area contributed by atoms with Crippen molar-refractivity contribution in [3.63, 3.8) is 0 Å². The second-order valence-electron chi connectivity index (χ2n) is 5.30. The smallest absolute Gasteiger partial charge is 0.406 e. The summed E-state index contributed by atoms with van der Waals surface area (Å²) in [6, 6.07) is -0.616. The van der Waals surface area contributed by atoms with Crippen LogP contribution in [0.3, 0.4) is 0 Å². The molecule has 0 aliphatic carbocycles. The maximum atomic E-state index is 12.4. The zero-order valence-electron chi connectivity index (χ0n) is 12.0. The fraction of sp³-hybridized carbons (Fsp3) is 0.846. The fourth-order valence-corrected chi connectivity index (χ4v) is 2.53.